The summed E-state index contributed by atoms with van der Waals surface area (Å²) in [5.74, 6) is 1.34. The quantitative estimate of drug-likeness (QED) is 0.765. The van der Waals surface area contributed by atoms with Gasteiger partial charge in [0.1, 0.15) is 0 Å². The molecule has 0 amide bonds. The molecule has 0 radical (unpaired) electrons. The van der Waals surface area contributed by atoms with Gasteiger partial charge in [-0.3, -0.25) is 0 Å². The maximum atomic E-state index is 5.70. The van der Waals surface area contributed by atoms with E-state index in [9.17, 15) is 0 Å². The van der Waals surface area contributed by atoms with Crippen LogP contribution in [0, 0.1) is 5.92 Å². The van der Waals surface area contributed by atoms with E-state index in [-0.39, 0.29) is 0 Å². The van der Waals surface area contributed by atoms with Crippen molar-refractivity contribution in [1.29, 1.82) is 0 Å². The summed E-state index contributed by atoms with van der Waals surface area (Å²) in [7, 11) is 2.20. The molecule has 2 nitrogen and oxygen atoms in total. The third-order valence-electron chi connectivity index (χ3n) is 3.13. The van der Waals surface area contributed by atoms with Gasteiger partial charge >= 0.3 is 0 Å². The lowest BCUT2D eigenvalue weighted by atomic mass is 9.97. The highest BCUT2D eigenvalue weighted by molar-refractivity contribution is 5.40. The first kappa shape index (κ1) is 14.0. The van der Waals surface area contributed by atoms with Gasteiger partial charge in [0.05, 0.1) is 0 Å². The number of rotatable bonds is 6. The van der Waals surface area contributed by atoms with Crippen LogP contribution in [0.4, 0.5) is 5.69 Å². The number of hydrogen-bond donors (Lipinski definition) is 1. The number of nitrogens with two attached hydrogens (primary N) is 1. The highest BCUT2D eigenvalue weighted by Gasteiger charge is 2.08. The molecule has 0 saturated carbocycles. The van der Waals surface area contributed by atoms with Crippen molar-refractivity contribution in [3.63, 3.8) is 0 Å². The van der Waals surface area contributed by atoms with Crippen LogP contribution < -0.4 is 5.73 Å². The van der Waals surface area contributed by atoms with Gasteiger partial charge in [-0.15, -0.1) is 0 Å². The van der Waals surface area contributed by atoms with Gasteiger partial charge in [-0.2, -0.15) is 0 Å². The number of nitrogens with zero attached hydrogens (tertiary/aromatic N) is 1. The van der Waals surface area contributed by atoms with Crippen LogP contribution in [0.1, 0.15) is 38.7 Å². The number of nitrogen functional groups attached to an aromatic ring is 1. The molecule has 2 heteroatoms. The van der Waals surface area contributed by atoms with E-state index < -0.39 is 0 Å². The minimum atomic E-state index is 0.602. The SMILES string of the molecule is CC(C)CN(C)CCC(C)c1ccc(N)cc1. The Kier molecular flexibility index (Phi) is 5.49. The number of hydrogen-bond acceptors (Lipinski definition) is 2. The second kappa shape index (κ2) is 6.65. The van der Waals surface area contributed by atoms with Crippen molar-refractivity contribution in [2.24, 2.45) is 5.92 Å². The molecule has 0 aliphatic rings. The van der Waals surface area contributed by atoms with Gasteiger partial charge in [0.2, 0.25) is 0 Å². The first-order chi connectivity index (χ1) is 7.99. The van der Waals surface area contributed by atoms with Crippen molar-refractivity contribution < 1.29 is 0 Å². The molecule has 1 rings (SSSR count). The highest BCUT2D eigenvalue weighted by Crippen LogP contribution is 2.20. The zero-order chi connectivity index (χ0) is 12.8. The van der Waals surface area contributed by atoms with Crippen LogP contribution in [0.15, 0.2) is 24.3 Å². The molecule has 0 fully saturated rings. The molecule has 0 aromatic heterocycles. The fourth-order valence-corrected chi connectivity index (χ4v) is 2.12. The van der Waals surface area contributed by atoms with Crippen LogP contribution in [0.3, 0.4) is 0 Å². The van der Waals surface area contributed by atoms with Gasteiger partial charge in [-0.25, -0.2) is 0 Å². The summed E-state index contributed by atoms with van der Waals surface area (Å²) in [6, 6.07) is 8.26. The summed E-state index contributed by atoms with van der Waals surface area (Å²) in [6.45, 7) is 9.15. The molecule has 0 aliphatic carbocycles. The second-order valence-electron chi connectivity index (χ2n) is 5.51. The average Bonchev–Trinajstić information content (AvgIpc) is 2.26. The van der Waals surface area contributed by atoms with Crippen LogP contribution in [-0.2, 0) is 0 Å². The molecule has 1 atom stereocenters. The number of anilines is 1. The van der Waals surface area contributed by atoms with E-state index in [2.05, 4.69) is 44.9 Å². The Morgan fingerprint density at radius 2 is 1.71 bits per heavy atom. The Labute approximate surface area is 106 Å². The molecule has 0 saturated heterocycles. The first-order valence-electron chi connectivity index (χ1n) is 6.53. The lowest BCUT2D eigenvalue weighted by Crippen LogP contribution is -2.25. The number of benzene rings is 1. The summed E-state index contributed by atoms with van der Waals surface area (Å²) in [6.07, 6.45) is 1.20. The van der Waals surface area contributed by atoms with Gasteiger partial charge < -0.3 is 10.6 Å². The molecule has 1 aromatic carbocycles. The summed E-state index contributed by atoms with van der Waals surface area (Å²) in [5.41, 5.74) is 7.93. The van der Waals surface area contributed by atoms with Gasteiger partial charge in [-0.05, 0) is 49.5 Å². The molecule has 1 aromatic rings. The van der Waals surface area contributed by atoms with Crippen LogP contribution >= 0.6 is 0 Å². The first-order valence-corrected chi connectivity index (χ1v) is 6.53. The van der Waals surface area contributed by atoms with Crippen LogP contribution in [-0.4, -0.2) is 25.0 Å². The summed E-state index contributed by atoms with van der Waals surface area (Å²) in [5, 5.41) is 0. The topological polar surface area (TPSA) is 29.3 Å². The van der Waals surface area contributed by atoms with Crippen LogP contribution in [0.2, 0.25) is 0 Å². The molecule has 0 spiro atoms. The minimum absolute atomic E-state index is 0.602. The molecular weight excluding hydrogens is 208 g/mol. The Balaban J connectivity index is 2.39. The maximum Gasteiger partial charge on any atom is 0.0314 e. The molecule has 1 unspecified atom stereocenters. The van der Waals surface area contributed by atoms with E-state index in [1.54, 1.807) is 0 Å². The minimum Gasteiger partial charge on any atom is -0.399 e. The fraction of sp³-hybridized carbons (Fsp3) is 0.600. The van der Waals surface area contributed by atoms with Crippen molar-refractivity contribution in [3.05, 3.63) is 29.8 Å². The predicted octanol–water partition coefficient (Wildman–Crippen LogP) is 3.35. The normalized spacial score (nSPS) is 13.3. The molecule has 0 bridgehead atoms. The molecule has 0 heterocycles. The predicted molar refractivity (Wildman–Crippen MR) is 76.2 cm³/mol. The molecule has 2 N–H and O–H groups in total. The molecule has 0 aliphatic heterocycles. The van der Waals surface area contributed by atoms with E-state index in [4.69, 9.17) is 5.73 Å². The smallest absolute Gasteiger partial charge is 0.0314 e. The van der Waals surface area contributed by atoms with E-state index in [1.165, 1.54) is 18.5 Å². The van der Waals surface area contributed by atoms with E-state index in [0.29, 0.717) is 5.92 Å². The van der Waals surface area contributed by atoms with Crippen molar-refractivity contribution in [2.45, 2.75) is 33.1 Å². The monoisotopic (exact) mass is 234 g/mol. The molecule has 96 valence electrons. The van der Waals surface area contributed by atoms with Gasteiger partial charge in [0.25, 0.3) is 0 Å². The second-order valence-corrected chi connectivity index (χ2v) is 5.51. The molecule has 17 heavy (non-hydrogen) atoms. The van der Waals surface area contributed by atoms with Crippen molar-refractivity contribution in [3.8, 4) is 0 Å². The summed E-state index contributed by atoms with van der Waals surface area (Å²) in [4.78, 5) is 2.42. The zero-order valence-electron chi connectivity index (χ0n) is 11.6. The zero-order valence-corrected chi connectivity index (χ0v) is 11.6. The van der Waals surface area contributed by atoms with Crippen LogP contribution in [0.25, 0.3) is 0 Å². The van der Waals surface area contributed by atoms with Gasteiger partial charge in [0.15, 0.2) is 0 Å². The highest BCUT2D eigenvalue weighted by atomic mass is 15.1. The maximum absolute atomic E-state index is 5.70. The third-order valence-corrected chi connectivity index (χ3v) is 3.13. The van der Waals surface area contributed by atoms with E-state index >= 15 is 0 Å². The van der Waals surface area contributed by atoms with Crippen LogP contribution in [0.5, 0.6) is 0 Å². The fourth-order valence-electron chi connectivity index (χ4n) is 2.12. The van der Waals surface area contributed by atoms with Crippen molar-refractivity contribution in [1.82, 2.24) is 4.90 Å². The summed E-state index contributed by atoms with van der Waals surface area (Å²) < 4.78 is 0. The molecular formula is C15H26N2. The Bertz CT molecular complexity index is 316. The van der Waals surface area contributed by atoms with Gasteiger partial charge in [-0.1, -0.05) is 32.9 Å². The lowest BCUT2D eigenvalue weighted by Gasteiger charge is -2.21. The third kappa shape index (κ3) is 5.22. The lowest BCUT2D eigenvalue weighted by molar-refractivity contribution is 0.286. The van der Waals surface area contributed by atoms with E-state index in [1.807, 2.05) is 12.1 Å². The Morgan fingerprint density at radius 1 is 1.12 bits per heavy atom. The Hall–Kier alpha value is -1.02. The van der Waals surface area contributed by atoms with Crippen molar-refractivity contribution >= 4 is 5.69 Å². The van der Waals surface area contributed by atoms with Gasteiger partial charge in [0, 0.05) is 12.2 Å². The van der Waals surface area contributed by atoms with Crippen molar-refractivity contribution in [2.75, 3.05) is 25.9 Å². The largest absolute Gasteiger partial charge is 0.399 e. The summed E-state index contributed by atoms with van der Waals surface area (Å²) >= 11 is 0. The van der Waals surface area contributed by atoms with E-state index in [0.717, 1.165) is 18.2 Å². The average molecular weight is 234 g/mol. The Morgan fingerprint density at radius 3 is 2.24 bits per heavy atom. The standard InChI is InChI=1S/C15H26N2/c1-12(2)11-17(4)10-9-13(3)14-5-7-15(16)8-6-14/h5-8,12-13H,9-11,16H2,1-4H3.